The summed E-state index contributed by atoms with van der Waals surface area (Å²) in [5.74, 6) is 0.886. The molecule has 1 atom stereocenters. The number of nitrogens with zero attached hydrogens (tertiary/aromatic N) is 3. The van der Waals surface area contributed by atoms with E-state index in [0.717, 1.165) is 21.8 Å². The van der Waals surface area contributed by atoms with Crippen LogP contribution in [0.15, 0.2) is 58.1 Å². The first-order valence-corrected chi connectivity index (χ1v) is 6.98. The number of hydrogen-bond donors (Lipinski definition) is 1. The summed E-state index contributed by atoms with van der Waals surface area (Å²) in [6, 6.07) is 11.9. The van der Waals surface area contributed by atoms with Gasteiger partial charge in [-0.1, -0.05) is 0 Å². The molecule has 1 aromatic carbocycles. The number of rotatable bonds is 4. The van der Waals surface area contributed by atoms with Gasteiger partial charge in [-0.3, -0.25) is 0 Å². The molecule has 0 bridgehead atoms. The van der Waals surface area contributed by atoms with Crippen LogP contribution in [0.5, 0.6) is 0 Å². The van der Waals surface area contributed by atoms with Gasteiger partial charge in [0.1, 0.15) is 18.4 Å². The van der Waals surface area contributed by atoms with Gasteiger partial charge < -0.3 is 9.73 Å². The van der Waals surface area contributed by atoms with Crippen LogP contribution in [0.25, 0.3) is 5.69 Å². The number of furan rings is 1. The summed E-state index contributed by atoms with van der Waals surface area (Å²) in [7, 11) is 0. The predicted molar refractivity (Wildman–Crippen MR) is 79.8 cm³/mol. The SMILES string of the molecule is CC(Nc1ccc(-n2cncn2)cc1)c1ccc(Br)o1. The van der Waals surface area contributed by atoms with Crippen molar-refractivity contribution in [2.75, 3.05) is 5.32 Å². The van der Waals surface area contributed by atoms with Gasteiger partial charge in [0.25, 0.3) is 0 Å². The van der Waals surface area contributed by atoms with Crippen LogP contribution >= 0.6 is 15.9 Å². The van der Waals surface area contributed by atoms with E-state index in [2.05, 4.69) is 38.3 Å². The normalized spacial score (nSPS) is 12.3. The lowest BCUT2D eigenvalue weighted by molar-refractivity contribution is 0.471. The topological polar surface area (TPSA) is 55.9 Å². The van der Waals surface area contributed by atoms with Crippen molar-refractivity contribution in [1.29, 1.82) is 0 Å². The van der Waals surface area contributed by atoms with Crippen LogP contribution < -0.4 is 5.32 Å². The Bertz CT molecular complexity index is 676. The van der Waals surface area contributed by atoms with Gasteiger partial charge in [-0.05, 0) is 59.3 Å². The Hall–Kier alpha value is -2.08. The highest BCUT2D eigenvalue weighted by atomic mass is 79.9. The summed E-state index contributed by atoms with van der Waals surface area (Å²) >= 11 is 3.31. The van der Waals surface area contributed by atoms with E-state index in [-0.39, 0.29) is 6.04 Å². The molecule has 3 aromatic rings. The van der Waals surface area contributed by atoms with Crippen LogP contribution in [-0.4, -0.2) is 14.8 Å². The second-order valence-corrected chi connectivity index (χ2v) is 5.18. The number of nitrogens with one attached hydrogen (secondary N) is 1. The first kappa shape index (κ1) is 12.9. The zero-order valence-corrected chi connectivity index (χ0v) is 12.4. The molecule has 0 radical (unpaired) electrons. The van der Waals surface area contributed by atoms with Crippen molar-refractivity contribution in [1.82, 2.24) is 14.8 Å². The summed E-state index contributed by atoms with van der Waals surface area (Å²) in [6.07, 6.45) is 3.19. The van der Waals surface area contributed by atoms with Gasteiger partial charge in [0.15, 0.2) is 4.67 Å². The molecule has 0 aliphatic carbocycles. The Morgan fingerprint density at radius 1 is 1.20 bits per heavy atom. The molecule has 20 heavy (non-hydrogen) atoms. The molecule has 0 saturated carbocycles. The van der Waals surface area contributed by atoms with Gasteiger partial charge in [0.2, 0.25) is 0 Å². The molecular formula is C14H13BrN4O. The fourth-order valence-corrected chi connectivity index (χ4v) is 2.25. The van der Waals surface area contributed by atoms with E-state index in [1.165, 1.54) is 6.33 Å². The Morgan fingerprint density at radius 3 is 2.60 bits per heavy atom. The molecule has 0 fully saturated rings. The molecule has 0 aliphatic heterocycles. The molecule has 2 heterocycles. The average molecular weight is 333 g/mol. The summed E-state index contributed by atoms with van der Waals surface area (Å²) in [4.78, 5) is 3.93. The van der Waals surface area contributed by atoms with Gasteiger partial charge in [0.05, 0.1) is 11.7 Å². The van der Waals surface area contributed by atoms with E-state index in [9.17, 15) is 0 Å². The first-order valence-electron chi connectivity index (χ1n) is 6.19. The number of hydrogen-bond acceptors (Lipinski definition) is 4. The Morgan fingerprint density at radius 2 is 2.00 bits per heavy atom. The van der Waals surface area contributed by atoms with E-state index in [1.807, 2.05) is 36.4 Å². The standard InChI is InChI=1S/C14H13BrN4O/c1-10(13-6-7-14(15)20-13)18-11-2-4-12(5-3-11)19-9-16-8-17-19/h2-10,18H,1H3. The van der Waals surface area contributed by atoms with Gasteiger partial charge in [-0.25, -0.2) is 9.67 Å². The molecule has 6 heteroatoms. The summed E-state index contributed by atoms with van der Waals surface area (Å²) in [5, 5.41) is 7.48. The lowest BCUT2D eigenvalue weighted by Gasteiger charge is -2.13. The van der Waals surface area contributed by atoms with Crippen LogP contribution in [0.3, 0.4) is 0 Å². The van der Waals surface area contributed by atoms with Crippen molar-refractivity contribution < 1.29 is 4.42 Å². The van der Waals surface area contributed by atoms with Gasteiger partial charge in [-0.2, -0.15) is 5.10 Å². The zero-order chi connectivity index (χ0) is 13.9. The van der Waals surface area contributed by atoms with Crippen molar-refractivity contribution in [3.05, 3.63) is 59.5 Å². The third-order valence-corrected chi connectivity index (χ3v) is 3.38. The van der Waals surface area contributed by atoms with Crippen molar-refractivity contribution in [3.8, 4) is 5.69 Å². The minimum absolute atomic E-state index is 0.0959. The Balaban J connectivity index is 1.72. The minimum Gasteiger partial charge on any atom is -0.452 e. The molecule has 0 spiro atoms. The van der Waals surface area contributed by atoms with Crippen molar-refractivity contribution >= 4 is 21.6 Å². The van der Waals surface area contributed by atoms with Crippen molar-refractivity contribution in [3.63, 3.8) is 0 Å². The third-order valence-electron chi connectivity index (χ3n) is 2.95. The predicted octanol–water partition coefficient (Wildman–Crippen LogP) is 3.80. The van der Waals surface area contributed by atoms with E-state index in [0.29, 0.717) is 0 Å². The molecule has 2 aromatic heterocycles. The monoisotopic (exact) mass is 332 g/mol. The second kappa shape index (κ2) is 5.50. The van der Waals surface area contributed by atoms with Gasteiger partial charge in [-0.15, -0.1) is 0 Å². The first-order chi connectivity index (χ1) is 9.72. The fraction of sp³-hybridized carbons (Fsp3) is 0.143. The van der Waals surface area contributed by atoms with Crippen LogP contribution in [-0.2, 0) is 0 Å². The minimum atomic E-state index is 0.0959. The van der Waals surface area contributed by atoms with Crippen LogP contribution in [0.2, 0.25) is 0 Å². The second-order valence-electron chi connectivity index (χ2n) is 4.39. The third kappa shape index (κ3) is 2.75. The molecule has 0 aliphatic rings. The summed E-state index contributed by atoms with van der Waals surface area (Å²) in [6.45, 7) is 2.05. The summed E-state index contributed by atoms with van der Waals surface area (Å²) < 4.78 is 7.99. The van der Waals surface area contributed by atoms with Crippen LogP contribution in [0.1, 0.15) is 18.7 Å². The Labute approximate surface area is 124 Å². The molecule has 102 valence electrons. The van der Waals surface area contributed by atoms with Crippen LogP contribution in [0, 0.1) is 0 Å². The van der Waals surface area contributed by atoms with Gasteiger partial charge >= 0.3 is 0 Å². The van der Waals surface area contributed by atoms with E-state index < -0.39 is 0 Å². The van der Waals surface area contributed by atoms with Crippen molar-refractivity contribution in [2.45, 2.75) is 13.0 Å². The average Bonchev–Trinajstić information content (AvgIpc) is 3.10. The summed E-state index contributed by atoms with van der Waals surface area (Å²) in [5.41, 5.74) is 2.00. The van der Waals surface area contributed by atoms with Crippen LogP contribution in [0.4, 0.5) is 5.69 Å². The molecule has 1 unspecified atom stereocenters. The molecule has 3 rings (SSSR count). The van der Waals surface area contributed by atoms with Crippen molar-refractivity contribution in [2.24, 2.45) is 0 Å². The zero-order valence-electron chi connectivity index (χ0n) is 10.8. The number of benzene rings is 1. The lowest BCUT2D eigenvalue weighted by Crippen LogP contribution is -2.05. The lowest BCUT2D eigenvalue weighted by atomic mass is 10.2. The molecule has 0 saturated heterocycles. The van der Waals surface area contributed by atoms with E-state index in [1.54, 1.807) is 11.0 Å². The highest BCUT2D eigenvalue weighted by molar-refractivity contribution is 9.10. The van der Waals surface area contributed by atoms with Gasteiger partial charge in [0, 0.05) is 5.69 Å². The highest BCUT2D eigenvalue weighted by Crippen LogP contribution is 2.24. The number of halogens is 1. The largest absolute Gasteiger partial charge is 0.452 e. The molecule has 1 N–H and O–H groups in total. The fourth-order valence-electron chi connectivity index (χ4n) is 1.93. The number of aromatic nitrogens is 3. The maximum absolute atomic E-state index is 5.53. The molecule has 0 amide bonds. The molecular weight excluding hydrogens is 320 g/mol. The maximum Gasteiger partial charge on any atom is 0.169 e. The highest BCUT2D eigenvalue weighted by Gasteiger charge is 2.09. The van der Waals surface area contributed by atoms with E-state index >= 15 is 0 Å². The van der Waals surface area contributed by atoms with E-state index in [4.69, 9.17) is 4.42 Å². The quantitative estimate of drug-likeness (QED) is 0.789. The maximum atomic E-state index is 5.53. The smallest absolute Gasteiger partial charge is 0.169 e. The molecule has 5 nitrogen and oxygen atoms in total. The number of anilines is 1. The Kier molecular flexibility index (Phi) is 3.56.